The largest absolute Gasteiger partial charge is 0.396 e. The van der Waals surface area contributed by atoms with E-state index in [1.54, 1.807) is 0 Å². The summed E-state index contributed by atoms with van der Waals surface area (Å²) in [6.45, 7) is 2.67. The molecule has 0 aromatic heterocycles. The maximum absolute atomic E-state index is 8.75. The van der Waals surface area contributed by atoms with E-state index in [4.69, 9.17) is 39.9 Å². The fraction of sp³-hybridized carbons (Fsp3) is 1.00. The average Bonchev–Trinajstić information content (AvgIpc) is 2.79. The summed E-state index contributed by atoms with van der Waals surface area (Å²) in [5.74, 6) is 0. The Labute approximate surface area is 224 Å². The van der Waals surface area contributed by atoms with E-state index in [1.165, 1.54) is 161 Å². The Balaban J connectivity index is 0. The van der Waals surface area contributed by atoms with Crippen LogP contribution in [0.4, 0.5) is 0 Å². The monoisotopic (exact) mass is 528 g/mol. The maximum atomic E-state index is 8.75. The highest BCUT2D eigenvalue weighted by Gasteiger charge is 1.96. The van der Waals surface area contributed by atoms with Crippen LogP contribution in [0.3, 0.4) is 0 Å². The highest BCUT2D eigenvalue weighted by Crippen LogP contribution is 2.15. The highest BCUT2D eigenvalue weighted by molar-refractivity contribution is 6.63. The van der Waals surface area contributed by atoms with Gasteiger partial charge in [-0.3, -0.25) is 0 Å². The van der Waals surface area contributed by atoms with Gasteiger partial charge < -0.3 is 5.11 Å². The van der Waals surface area contributed by atoms with Crippen LogP contribution in [0.2, 0.25) is 0 Å². The lowest BCUT2D eigenvalue weighted by molar-refractivity contribution is 0.282. The van der Waals surface area contributed by atoms with Gasteiger partial charge in [-0.15, -0.1) is 0 Å². The molecule has 0 aliphatic rings. The van der Waals surface area contributed by atoms with Gasteiger partial charge in [0, 0.05) is 6.61 Å². The minimum Gasteiger partial charge on any atom is -0.396 e. The predicted molar refractivity (Wildman–Crippen MR) is 154 cm³/mol. The van der Waals surface area contributed by atoms with Crippen LogP contribution in [0, 0.1) is 0 Å². The van der Waals surface area contributed by atoms with Crippen molar-refractivity contribution in [3.05, 3.63) is 0 Å². The Kier molecular flexibility index (Phi) is 38.2. The minimum atomic E-state index is -0.750. The molecule has 0 atom stereocenters. The molecule has 1 N–H and O–H groups in total. The third-order valence-electron chi connectivity index (χ3n) is 6.51. The smallest absolute Gasteiger partial charge is 0.180 e. The first-order valence-electron chi connectivity index (χ1n) is 14.7. The number of rotatable bonds is 26. The van der Waals surface area contributed by atoms with Crippen molar-refractivity contribution < 1.29 is 5.11 Å². The molecule has 0 spiro atoms. The van der Waals surface area contributed by atoms with Gasteiger partial charge in [0.2, 0.25) is 0 Å². The third kappa shape index (κ3) is 43.3. The summed E-state index contributed by atoms with van der Waals surface area (Å²) < 4.78 is -0.750. The number of aliphatic hydroxyl groups excluding tert-OH is 1. The number of hydrogen-bond acceptors (Lipinski definition) is 1. The van der Waals surface area contributed by atoms with Gasteiger partial charge >= 0.3 is 0 Å². The van der Waals surface area contributed by atoms with Crippen LogP contribution in [-0.4, -0.2) is 16.0 Å². The summed E-state index contributed by atoms with van der Waals surface area (Å²) in [7, 11) is 0. The molecule has 202 valence electrons. The molecule has 0 saturated carbocycles. The van der Waals surface area contributed by atoms with E-state index in [2.05, 4.69) is 6.92 Å². The quantitative estimate of drug-likeness (QED) is 0.0872. The van der Waals surface area contributed by atoms with Crippen molar-refractivity contribution in [2.24, 2.45) is 0 Å². The van der Waals surface area contributed by atoms with E-state index in [1.807, 2.05) is 0 Å². The van der Waals surface area contributed by atoms with Crippen LogP contribution in [0.15, 0.2) is 0 Å². The van der Waals surface area contributed by atoms with Crippen LogP contribution >= 0.6 is 34.8 Å². The zero-order valence-corrected chi connectivity index (χ0v) is 24.5. The summed E-state index contributed by atoms with van der Waals surface area (Å²) in [4.78, 5) is 0. The molecule has 0 aromatic rings. The molecule has 0 amide bonds. The molecule has 0 aliphatic carbocycles. The lowest BCUT2D eigenvalue weighted by atomic mass is 10.0. The summed E-state index contributed by atoms with van der Waals surface area (Å²) in [5, 5.41) is 8.75. The number of unbranched alkanes of at least 4 members (excludes halogenated alkanes) is 25. The molecule has 0 bridgehead atoms. The number of aliphatic hydroxyl groups is 1. The van der Waals surface area contributed by atoms with Crippen molar-refractivity contribution in [2.45, 2.75) is 178 Å². The molecule has 0 heterocycles. The highest BCUT2D eigenvalue weighted by atomic mass is 35.6. The van der Waals surface area contributed by atoms with Gasteiger partial charge in [-0.1, -0.05) is 202 Å². The van der Waals surface area contributed by atoms with Crippen LogP contribution in [0.25, 0.3) is 0 Å². The first-order valence-corrected chi connectivity index (χ1v) is 16.0. The SMILES string of the molecule is CCCCCCCCCCCCCCCCCCCCCCCCCCCCO.ClC(Cl)Cl. The zero-order chi connectivity index (χ0) is 24.7. The molecule has 0 saturated heterocycles. The second kappa shape index (κ2) is 35.0. The summed E-state index contributed by atoms with van der Waals surface area (Å²) >= 11 is 14.4. The van der Waals surface area contributed by atoms with Crippen LogP contribution in [-0.2, 0) is 0 Å². The van der Waals surface area contributed by atoms with Gasteiger partial charge in [0.05, 0.1) is 0 Å². The second-order valence-corrected chi connectivity index (χ2v) is 11.8. The Hall–Kier alpha value is 0.830. The fourth-order valence-electron chi connectivity index (χ4n) is 4.43. The molecular weight excluding hydrogens is 471 g/mol. The Bertz CT molecular complexity index is 284. The Morgan fingerprint density at radius 3 is 0.667 bits per heavy atom. The number of alkyl halides is 3. The standard InChI is InChI=1S/C28H58O.CHCl3/c1-2-3-4-5-6-7-8-9-10-11-12-13-14-15-16-17-18-19-20-21-22-23-24-25-26-27-28-29;2-1(3)4/h29H,2-28H2,1H3;1H. The average molecular weight is 530 g/mol. The summed E-state index contributed by atoms with van der Waals surface area (Å²) in [6.07, 6.45) is 37.1. The van der Waals surface area contributed by atoms with E-state index >= 15 is 0 Å². The van der Waals surface area contributed by atoms with E-state index in [9.17, 15) is 0 Å². The first-order chi connectivity index (χ1) is 16.1. The Morgan fingerprint density at radius 1 is 0.364 bits per heavy atom. The van der Waals surface area contributed by atoms with Gasteiger partial charge in [0.25, 0.3) is 0 Å². The van der Waals surface area contributed by atoms with Gasteiger partial charge in [-0.25, -0.2) is 0 Å². The topological polar surface area (TPSA) is 20.2 Å². The van der Waals surface area contributed by atoms with Crippen LogP contribution in [0.5, 0.6) is 0 Å². The molecular formula is C29H59Cl3O. The van der Waals surface area contributed by atoms with Gasteiger partial charge in [0.1, 0.15) is 0 Å². The first kappa shape index (κ1) is 36.0. The molecule has 0 fully saturated rings. The van der Waals surface area contributed by atoms with E-state index in [0.717, 1.165) is 6.42 Å². The van der Waals surface area contributed by atoms with E-state index in [0.29, 0.717) is 6.61 Å². The van der Waals surface area contributed by atoms with Gasteiger partial charge in [-0.2, -0.15) is 0 Å². The molecule has 0 unspecified atom stereocenters. The van der Waals surface area contributed by atoms with Gasteiger partial charge in [0.15, 0.2) is 4.30 Å². The molecule has 0 aromatic carbocycles. The summed E-state index contributed by atoms with van der Waals surface area (Å²) in [5.41, 5.74) is 0. The normalized spacial score (nSPS) is 11.1. The molecule has 4 heteroatoms. The van der Waals surface area contributed by atoms with Crippen LogP contribution < -0.4 is 0 Å². The molecule has 0 aliphatic heterocycles. The second-order valence-electron chi connectivity index (χ2n) is 9.81. The zero-order valence-electron chi connectivity index (χ0n) is 22.3. The Morgan fingerprint density at radius 2 is 0.515 bits per heavy atom. The van der Waals surface area contributed by atoms with E-state index in [-0.39, 0.29) is 0 Å². The van der Waals surface area contributed by atoms with Crippen molar-refractivity contribution in [3.8, 4) is 0 Å². The number of halogens is 3. The van der Waals surface area contributed by atoms with Crippen molar-refractivity contribution in [1.29, 1.82) is 0 Å². The minimum absolute atomic E-state index is 0.374. The maximum Gasteiger partial charge on any atom is 0.180 e. The van der Waals surface area contributed by atoms with Crippen molar-refractivity contribution in [1.82, 2.24) is 0 Å². The molecule has 1 nitrogen and oxygen atoms in total. The van der Waals surface area contributed by atoms with Crippen molar-refractivity contribution in [3.63, 3.8) is 0 Å². The molecule has 33 heavy (non-hydrogen) atoms. The van der Waals surface area contributed by atoms with Crippen molar-refractivity contribution in [2.75, 3.05) is 6.61 Å². The third-order valence-corrected chi connectivity index (χ3v) is 6.51. The molecule has 0 radical (unpaired) electrons. The lowest BCUT2D eigenvalue weighted by Crippen LogP contribution is -1.85. The molecule has 0 rings (SSSR count). The predicted octanol–water partition coefficient (Wildman–Crippen LogP) is 12.1. The number of hydrogen-bond donors (Lipinski definition) is 1. The fourth-order valence-corrected chi connectivity index (χ4v) is 4.43. The lowest BCUT2D eigenvalue weighted by Gasteiger charge is -2.04. The van der Waals surface area contributed by atoms with E-state index < -0.39 is 4.30 Å². The van der Waals surface area contributed by atoms with Crippen LogP contribution in [0.1, 0.15) is 174 Å². The van der Waals surface area contributed by atoms with Crippen molar-refractivity contribution >= 4 is 34.8 Å². The summed E-state index contributed by atoms with van der Waals surface area (Å²) in [6, 6.07) is 0. The van der Waals surface area contributed by atoms with Gasteiger partial charge in [-0.05, 0) is 6.42 Å².